The SMILES string of the molecule is NN=CC(O)C(O)C(O)CO. The van der Waals surface area contributed by atoms with E-state index in [1.54, 1.807) is 0 Å². The summed E-state index contributed by atoms with van der Waals surface area (Å²) in [4.78, 5) is 0. The van der Waals surface area contributed by atoms with Crippen molar-refractivity contribution in [2.45, 2.75) is 18.3 Å². The molecule has 0 aromatic carbocycles. The van der Waals surface area contributed by atoms with Gasteiger partial charge in [-0.15, -0.1) is 0 Å². The van der Waals surface area contributed by atoms with Gasteiger partial charge >= 0.3 is 0 Å². The molecule has 6 N–H and O–H groups in total. The van der Waals surface area contributed by atoms with Gasteiger partial charge in [0.2, 0.25) is 0 Å². The van der Waals surface area contributed by atoms with Gasteiger partial charge in [-0.05, 0) is 0 Å². The van der Waals surface area contributed by atoms with Gasteiger partial charge < -0.3 is 26.3 Å². The maximum absolute atomic E-state index is 8.91. The Kier molecular flexibility index (Phi) is 4.71. The van der Waals surface area contributed by atoms with Gasteiger partial charge in [0.15, 0.2) is 0 Å². The molecule has 0 rings (SSSR count). The molecule has 0 heterocycles. The molecule has 0 saturated carbocycles. The molecule has 3 unspecified atom stereocenters. The van der Waals surface area contributed by atoms with Crippen LogP contribution >= 0.6 is 0 Å². The molecular weight excluding hydrogens is 152 g/mol. The van der Waals surface area contributed by atoms with Gasteiger partial charge in [-0.1, -0.05) is 0 Å². The van der Waals surface area contributed by atoms with Crippen LogP contribution in [0.5, 0.6) is 0 Å². The molecule has 0 amide bonds. The first-order valence-corrected chi connectivity index (χ1v) is 3.02. The summed E-state index contributed by atoms with van der Waals surface area (Å²) < 4.78 is 0. The summed E-state index contributed by atoms with van der Waals surface area (Å²) >= 11 is 0. The lowest BCUT2D eigenvalue weighted by Crippen LogP contribution is -2.40. The summed E-state index contributed by atoms with van der Waals surface area (Å²) in [7, 11) is 0. The van der Waals surface area contributed by atoms with Gasteiger partial charge in [0.05, 0.1) is 12.8 Å². The average Bonchev–Trinajstić information content (AvgIpc) is 2.02. The highest BCUT2D eigenvalue weighted by Crippen LogP contribution is 1.96. The van der Waals surface area contributed by atoms with Crippen molar-refractivity contribution in [3.8, 4) is 0 Å². The fourth-order valence-electron chi connectivity index (χ4n) is 0.512. The van der Waals surface area contributed by atoms with Gasteiger partial charge in [0, 0.05) is 0 Å². The maximum Gasteiger partial charge on any atom is 0.119 e. The van der Waals surface area contributed by atoms with Crippen LogP contribution in [-0.2, 0) is 0 Å². The molecule has 11 heavy (non-hydrogen) atoms. The quantitative estimate of drug-likeness (QED) is 0.172. The standard InChI is InChI=1S/C5H12N2O4/c6-7-1-3(9)5(11)4(10)2-8/h1,3-5,8-11H,2,6H2. The lowest BCUT2D eigenvalue weighted by molar-refractivity contribution is -0.0541. The summed E-state index contributed by atoms with van der Waals surface area (Å²) in [6, 6.07) is 0. The zero-order valence-corrected chi connectivity index (χ0v) is 5.83. The van der Waals surface area contributed by atoms with Gasteiger partial charge in [0.25, 0.3) is 0 Å². The molecule has 0 aromatic rings. The van der Waals surface area contributed by atoms with E-state index in [0.717, 1.165) is 6.21 Å². The molecule has 0 spiro atoms. The van der Waals surface area contributed by atoms with Crippen molar-refractivity contribution in [2.75, 3.05) is 6.61 Å². The van der Waals surface area contributed by atoms with Crippen molar-refractivity contribution in [1.29, 1.82) is 0 Å². The molecular formula is C5H12N2O4. The Morgan fingerprint density at radius 3 is 2.27 bits per heavy atom. The fourth-order valence-corrected chi connectivity index (χ4v) is 0.512. The third kappa shape index (κ3) is 3.28. The summed E-state index contributed by atoms with van der Waals surface area (Å²) in [6.07, 6.45) is -3.35. The van der Waals surface area contributed by atoms with E-state index in [4.69, 9.17) is 20.4 Å². The highest BCUT2D eigenvalue weighted by atomic mass is 16.4. The van der Waals surface area contributed by atoms with Crippen LogP contribution in [0, 0.1) is 0 Å². The molecule has 0 bridgehead atoms. The van der Waals surface area contributed by atoms with Crippen molar-refractivity contribution in [1.82, 2.24) is 0 Å². The number of rotatable bonds is 4. The Hall–Kier alpha value is -0.690. The van der Waals surface area contributed by atoms with E-state index >= 15 is 0 Å². The zero-order chi connectivity index (χ0) is 8.85. The Morgan fingerprint density at radius 2 is 1.91 bits per heavy atom. The smallest absolute Gasteiger partial charge is 0.119 e. The summed E-state index contributed by atoms with van der Waals surface area (Å²) in [6.45, 7) is -0.628. The maximum atomic E-state index is 8.91. The van der Waals surface area contributed by atoms with Crippen LogP contribution in [0.4, 0.5) is 0 Å². The van der Waals surface area contributed by atoms with Crippen molar-refractivity contribution in [3.05, 3.63) is 0 Å². The second kappa shape index (κ2) is 5.03. The molecule has 0 aliphatic carbocycles. The number of hydrogen-bond donors (Lipinski definition) is 5. The Bertz CT molecular complexity index is 130. The first-order chi connectivity index (χ1) is 5.13. The highest BCUT2D eigenvalue weighted by molar-refractivity contribution is 5.63. The molecule has 66 valence electrons. The minimum absolute atomic E-state index is 0.628. The van der Waals surface area contributed by atoms with E-state index in [0.29, 0.717) is 0 Å². The number of aliphatic hydroxyl groups is 4. The largest absolute Gasteiger partial charge is 0.394 e. The molecule has 6 nitrogen and oxygen atoms in total. The van der Waals surface area contributed by atoms with E-state index in [2.05, 4.69) is 10.9 Å². The number of hydrogen-bond acceptors (Lipinski definition) is 6. The molecule has 0 saturated heterocycles. The van der Waals surface area contributed by atoms with E-state index in [9.17, 15) is 0 Å². The summed E-state index contributed by atoms with van der Waals surface area (Å²) in [5, 5.41) is 37.8. The van der Waals surface area contributed by atoms with Crippen LogP contribution < -0.4 is 5.84 Å². The minimum Gasteiger partial charge on any atom is -0.394 e. The molecule has 0 radical (unpaired) electrons. The molecule has 0 fully saturated rings. The molecule has 0 aliphatic heterocycles. The third-order valence-corrected chi connectivity index (χ3v) is 1.17. The number of hydrazone groups is 1. The van der Waals surface area contributed by atoms with Crippen LogP contribution in [0.2, 0.25) is 0 Å². The van der Waals surface area contributed by atoms with Gasteiger partial charge in [-0.3, -0.25) is 0 Å². The normalized spacial score (nSPS) is 20.0. The summed E-state index contributed by atoms with van der Waals surface area (Å²) in [5.74, 6) is 4.66. The van der Waals surface area contributed by atoms with Crippen LogP contribution in [-0.4, -0.2) is 51.6 Å². The van der Waals surface area contributed by atoms with Gasteiger partial charge in [-0.25, -0.2) is 0 Å². The van der Waals surface area contributed by atoms with Crippen LogP contribution in [0.25, 0.3) is 0 Å². The van der Waals surface area contributed by atoms with Gasteiger partial charge in [0.1, 0.15) is 18.3 Å². The Morgan fingerprint density at radius 1 is 1.36 bits per heavy atom. The van der Waals surface area contributed by atoms with E-state index in [1.807, 2.05) is 0 Å². The first kappa shape index (κ1) is 10.3. The number of nitrogens with two attached hydrogens (primary N) is 1. The predicted molar refractivity (Wildman–Crippen MR) is 37.8 cm³/mol. The van der Waals surface area contributed by atoms with Crippen LogP contribution in [0.1, 0.15) is 0 Å². The zero-order valence-electron chi connectivity index (χ0n) is 5.83. The predicted octanol–water partition coefficient (Wildman–Crippen LogP) is -2.99. The lowest BCUT2D eigenvalue weighted by Gasteiger charge is -2.17. The molecule has 0 aliphatic rings. The van der Waals surface area contributed by atoms with E-state index in [-0.39, 0.29) is 0 Å². The van der Waals surface area contributed by atoms with E-state index in [1.165, 1.54) is 0 Å². The first-order valence-electron chi connectivity index (χ1n) is 3.02. The van der Waals surface area contributed by atoms with Crippen molar-refractivity contribution < 1.29 is 20.4 Å². The second-order valence-corrected chi connectivity index (χ2v) is 2.03. The number of aliphatic hydroxyl groups excluding tert-OH is 4. The fraction of sp³-hybridized carbons (Fsp3) is 0.800. The van der Waals surface area contributed by atoms with E-state index < -0.39 is 24.9 Å². The highest BCUT2D eigenvalue weighted by Gasteiger charge is 2.22. The van der Waals surface area contributed by atoms with Crippen LogP contribution in [0.3, 0.4) is 0 Å². The lowest BCUT2D eigenvalue weighted by atomic mass is 10.1. The molecule has 3 atom stereocenters. The van der Waals surface area contributed by atoms with Crippen molar-refractivity contribution >= 4 is 6.21 Å². The second-order valence-electron chi connectivity index (χ2n) is 2.03. The molecule has 0 aromatic heterocycles. The topological polar surface area (TPSA) is 119 Å². The monoisotopic (exact) mass is 164 g/mol. The minimum atomic E-state index is -1.47. The Balaban J connectivity index is 3.90. The van der Waals surface area contributed by atoms with Crippen molar-refractivity contribution in [2.24, 2.45) is 10.9 Å². The average molecular weight is 164 g/mol. The number of nitrogens with zero attached hydrogens (tertiary/aromatic N) is 1. The van der Waals surface area contributed by atoms with Crippen LogP contribution in [0.15, 0.2) is 5.10 Å². The Labute approximate surface area is 63.6 Å². The van der Waals surface area contributed by atoms with Crippen molar-refractivity contribution in [3.63, 3.8) is 0 Å². The molecule has 6 heteroatoms. The third-order valence-electron chi connectivity index (χ3n) is 1.17. The van der Waals surface area contributed by atoms with Gasteiger partial charge in [-0.2, -0.15) is 5.10 Å². The summed E-state index contributed by atoms with van der Waals surface area (Å²) in [5.41, 5.74) is 0.